The molecule has 7 heteroatoms. The smallest absolute Gasteiger partial charge is 0.222 e. The Bertz CT molecular complexity index is 585. The van der Waals surface area contributed by atoms with E-state index in [0.717, 1.165) is 37.4 Å². The zero-order valence-electron chi connectivity index (χ0n) is 11.9. The third kappa shape index (κ3) is 3.36. The van der Waals surface area contributed by atoms with Gasteiger partial charge in [0.1, 0.15) is 0 Å². The highest BCUT2D eigenvalue weighted by Crippen LogP contribution is 2.33. The normalized spacial score (nSPS) is 22.2. The Hall–Kier alpha value is -2.02. The van der Waals surface area contributed by atoms with Crippen molar-refractivity contribution < 1.29 is 9.13 Å². The summed E-state index contributed by atoms with van der Waals surface area (Å²) in [4.78, 5) is 7.82. The van der Waals surface area contributed by atoms with E-state index in [1.165, 1.54) is 0 Å². The van der Waals surface area contributed by atoms with Gasteiger partial charge in [0, 0.05) is 37.9 Å². The number of aryl methyl sites for hydroxylation is 1. The molecule has 0 amide bonds. The lowest BCUT2D eigenvalue weighted by Crippen LogP contribution is -2.28. The first-order chi connectivity index (χ1) is 10.2. The van der Waals surface area contributed by atoms with Crippen LogP contribution in [0.1, 0.15) is 24.5 Å². The van der Waals surface area contributed by atoms with E-state index in [1.807, 2.05) is 19.4 Å². The Kier molecular flexibility index (Phi) is 4.10. The highest BCUT2D eigenvalue weighted by atomic mass is 19.1. The summed E-state index contributed by atoms with van der Waals surface area (Å²) in [7, 11) is 1.89. The first-order valence-corrected chi connectivity index (χ1v) is 7.04. The van der Waals surface area contributed by atoms with Gasteiger partial charge in [-0.05, 0) is 12.8 Å². The number of halogens is 1. The topological polar surface area (TPSA) is 64.9 Å². The van der Waals surface area contributed by atoms with Crippen LogP contribution in [0.3, 0.4) is 0 Å². The van der Waals surface area contributed by atoms with Gasteiger partial charge in [-0.15, -0.1) is 0 Å². The fraction of sp³-hybridized carbons (Fsp3) is 0.500. The standard InChI is InChI=1S/C14H18FN5O/c1-20-9-11(6-19-20)13-10(3-2-4-21-13)5-16-14-17-7-12(15)8-18-14/h6-10,13H,2-5H2,1H3,(H,16,17,18)/t10-,13+/m0/s1. The van der Waals surface area contributed by atoms with Crippen LogP contribution in [-0.4, -0.2) is 32.9 Å². The average Bonchev–Trinajstić information content (AvgIpc) is 2.93. The van der Waals surface area contributed by atoms with E-state index in [9.17, 15) is 4.39 Å². The Labute approximate surface area is 122 Å². The van der Waals surface area contributed by atoms with Crippen molar-refractivity contribution in [3.63, 3.8) is 0 Å². The second kappa shape index (κ2) is 6.17. The number of nitrogens with one attached hydrogen (secondary N) is 1. The van der Waals surface area contributed by atoms with Crippen LogP contribution in [0.5, 0.6) is 0 Å². The summed E-state index contributed by atoms with van der Waals surface area (Å²) in [5, 5.41) is 7.36. The predicted molar refractivity (Wildman–Crippen MR) is 75.1 cm³/mol. The lowest BCUT2D eigenvalue weighted by Gasteiger charge is -2.31. The lowest BCUT2D eigenvalue weighted by molar-refractivity contribution is -0.0239. The molecule has 0 aliphatic carbocycles. The maximum Gasteiger partial charge on any atom is 0.222 e. The number of nitrogens with zero attached hydrogens (tertiary/aromatic N) is 4. The number of hydrogen-bond acceptors (Lipinski definition) is 5. The fourth-order valence-electron chi connectivity index (χ4n) is 2.63. The summed E-state index contributed by atoms with van der Waals surface area (Å²) in [6.07, 6.45) is 8.27. The second-order valence-electron chi connectivity index (χ2n) is 5.25. The zero-order valence-corrected chi connectivity index (χ0v) is 11.9. The molecule has 1 fully saturated rings. The molecule has 1 aliphatic rings. The van der Waals surface area contributed by atoms with Crippen LogP contribution in [0.15, 0.2) is 24.8 Å². The number of rotatable bonds is 4. The van der Waals surface area contributed by atoms with Crippen molar-refractivity contribution in [3.8, 4) is 0 Å². The minimum atomic E-state index is -0.435. The first kappa shape index (κ1) is 13.9. The van der Waals surface area contributed by atoms with Gasteiger partial charge in [0.2, 0.25) is 5.95 Å². The molecular formula is C14H18FN5O. The van der Waals surface area contributed by atoms with Gasteiger partial charge >= 0.3 is 0 Å². The summed E-state index contributed by atoms with van der Waals surface area (Å²) in [5.74, 6) is 0.318. The molecule has 0 unspecified atom stereocenters. The van der Waals surface area contributed by atoms with Crippen molar-refractivity contribution in [2.45, 2.75) is 18.9 Å². The summed E-state index contributed by atoms with van der Waals surface area (Å²) in [5.41, 5.74) is 1.09. The maximum atomic E-state index is 12.8. The quantitative estimate of drug-likeness (QED) is 0.932. The summed E-state index contributed by atoms with van der Waals surface area (Å²) < 4.78 is 20.5. The van der Waals surface area contributed by atoms with E-state index < -0.39 is 5.82 Å². The van der Waals surface area contributed by atoms with Crippen molar-refractivity contribution in [3.05, 3.63) is 36.2 Å². The third-order valence-corrected chi connectivity index (χ3v) is 3.64. The van der Waals surface area contributed by atoms with E-state index >= 15 is 0 Å². The Morgan fingerprint density at radius 2 is 2.19 bits per heavy atom. The Balaban J connectivity index is 1.65. The van der Waals surface area contributed by atoms with Gasteiger partial charge in [-0.3, -0.25) is 4.68 Å². The van der Waals surface area contributed by atoms with Crippen molar-refractivity contribution in [1.82, 2.24) is 19.7 Å². The number of ether oxygens (including phenoxy) is 1. The van der Waals surface area contributed by atoms with E-state index in [4.69, 9.17) is 4.74 Å². The molecule has 6 nitrogen and oxygen atoms in total. The lowest BCUT2D eigenvalue weighted by atomic mass is 9.91. The van der Waals surface area contributed by atoms with Gasteiger partial charge in [0.25, 0.3) is 0 Å². The fourth-order valence-corrected chi connectivity index (χ4v) is 2.63. The van der Waals surface area contributed by atoms with Crippen LogP contribution >= 0.6 is 0 Å². The molecule has 21 heavy (non-hydrogen) atoms. The number of hydrogen-bond donors (Lipinski definition) is 1. The largest absolute Gasteiger partial charge is 0.373 e. The van der Waals surface area contributed by atoms with Crippen LogP contribution in [-0.2, 0) is 11.8 Å². The summed E-state index contributed by atoms with van der Waals surface area (Å²) in [6, 6.07) is 0. The van der Waals surface area contributed by atoms with Gasteiger partial charge < -0.3 is 10.1 Å². The molecule has 0 radical (unpaired) electrons. The molecule has 0 spiro atoms. The SMILES string of the molecule is Cn1cc([C@@H]2OCCC[C@H]2CNc2ncc(F)cn2)cn1. The molecule has 0 saturated carbocycles. The van der Waals surface area contributed by atoms with Crippen LogP contribution < -0.4 is 5.32 Å². The molecular weight excluding hydrogens is 273 g/mol. The Morgan fingerprint density at radius 3 is 2.90 bits per heavy atom. The minimum Gasteiger partial charge on any atom is -0.373 e. The second-order valence-corrected chi connectivity index (χ2v) is 5.25. The molecule has 2 aromatic rings. The van der Waals surface area contributed by atoms with Gasteiger partial charge in [-0.1, -0.05) is 0 Å². The molecule has 1 aliphatic heterocycles. The van der Waals surface area contributed by atoms with Gasteiger partial charge in [-0.2, -0.15) is 5.10 Å². The van der Waals surface area contributed by atoms with Crippen molar-refractivity contribution in [1.29, 1.82) is 0 Å². The van der Waals surface area contributed by atoms with Crippen LogP contribution in [0.4, 0.5) is 10.3 Å². The molecule has 3 rings (SSSR count). The molecule has 1 N–H and O–H groups in total. The highest BCUT2D eigenvalue weighted by Gasteiger charge is 2.28. The van der Waals surface area contributed by atoms with E-state index in [2.05, 4.69) is 20.4 Å². The third-order valence-electron chi connectivity index (χ3n) is 3.64. The van der Waals surface area contributed by atoms with Crippen molar-refractivity contribution >= 4 is 5.95 Å². The maximum absolute atomic E-state index is 12.8. The van der Waals surface area contributed by atoms with Crippen molar-refractivity contribution in [2.24, 2.45) is 13.0 Å². The van der Waals surface area contributed by atoms with Crippen molar-refractivity contribution in [2.75, 3.05) is 18.5 Å². The minimum absolute atomic E-state index is 0.0281. The van der Waals surface area contributed by atoms with Crippen LogP contribution in [0.25, 0.3) is 0 Å². The van der Waals surface area contributed by atoms with Gasteiger partial charge in [0.05, 0.1) is 24.7 Å². The molecule has 2 aromatic heterocycles. The Morgan fingerprint density at radius 1 is 1.38 bits per heavy atom. The van der Waals surface area contributed by atoms with E-state index in [-0.39, 0.29) is 6.10 Å². The van der Waals surface area contributed by atoms with E-state index in [1.54, 1.807) is 4.68 Å². The van der Waals surface area contributed by atoms with Gasteiger partial charge in [0.15, 0.2) is 5.82 Å². The highest BCUT2D eigenvalue weighted by molar-refractivity contribution is 5.23. The van der Waals surface area contributed by atoms with Crippen LogP contribution in [0, 0.1) is 11.7 Å². The monoisotopic (exact) mass is 291 g/mol. The molecule has 2 atom stereocenters. The molecule has 112 valence electrons. The number of aromatic nitrogens is 4. The molecule has 3 heterocycles. The van der Waals surface area contributed by atoms with Crippen LogP contribution in [0.2, 0.25) is 0 Å². The van der Waals surface area contributed by atoms with Gasteiger partial charge in [-0.25, -0.2) is 14.4 Å². The number of anilines is 1. The zero-order chi connectivity index (χ0) is 14.7. The summed E-state index contributed by atoms with van der Waals surface area (Å²) >= 11 is 0. The van der Waals surface area contributed by atoms with E-state index in [0.29, 0.717) is 18.4 Å². The predicted octanol–water partition coefficient (Wildman–Crippen LogP) is 1.93. The summed E-state index contributed by atoms with van der Waals surface area (Å²) in [6.45, 7) is 1.45. The first-order valence-electron chi connectivity index (χ1n) is 7.04. The molecule has 1 saturated heterocycles. The average molecular weight is 291 g/mol. The molecule has 0 bridgehead atoms. The molecule has 0 aromatic carbocycles.